The standard InChI is InChI=1S/C9H14O2S/c1-7-5-6-8(9(2,3)4)12(7,10)11/h5-6H,1-4H3. The Hall–Kier alpha value is -0.570. The third-order valence-corrected chi connectivity index (χ3v) is 4.23. The van der Waals surface area contributed by atoms with Crippen LogP contribution in [0.3, 0.4) is 0 Å². The van der Waals surface area contributed by atoms with Gasteiger partial charge in [0.05, 0.1) is 4.91 Å². The average Bonchev–Trinajstić information content (AvgIpc) is 2.06. The predicted octanol–water partition coefficient (Wildman–Crippen LogP) is 2.25. The van der Waals surface area contributed by atoms with Crippen LogP contribution in [0.25, 0.3) is 0 Å². The van der Waals surface area contributed by atoms with Crippen LogP contribution in [0.4, 0.5) is 0 Å². The van der Waals surface area contributed by atoms with E-state index in [0.29, 0.717) is 9.81 Å². The first kappa shape index (κ1) is 9.52. The molecular formula is C9H14O2S. The molecule has 0 amide bonds. The Morgan fingerprint density at radius 1 is 1.17 bits per heavy atom. The summed E-state index contributed by atoms with van der Waals surface area (Å²) in [6.45, 7) is 7.35. The first-order chi connectivity index (χ1) is 5.26. The molecule has 0 aromatic carbocycles. The van der Waals surface area contributed by atoms with E-state index in [0.717, 1.165) is 0 Å². The van der Waals surface area contributed by atoms with E-state index in [1.807, 2.05) is 20.8 Å². The van der Waals surface area contributed by atoms with Gasteiger partial charge in [0.25, 0.3) is 0 Å². The van der Waals surface area contributed by atoms with E-state index in [4.69, 9.17) is 0 Å². The minimum absolute atomic E-state index is 0.285. The zero-order chi connectivity index (χ0) is 9.57. The second-order valence-electron chi connectivity index (χ2n) is 4.06. The fourth-order valence-electron chi connectivity index (χ4n) is 1.20. The van der Waals surface area contributed by atoms with E-state index in [-0.39, 0.29) is 5.41 Å². The highest BCUT2D eigenvalue weighted by Gasteiger charge is 2.32. The normalized spacial score (nSPS) is 22.0. The maximum absolute atomic E-state index is 11.6. The van der Waals surface area contributed by atoms with Crippen LogP contribution in [0.15, 0.2) is 22.0 Å². The van der Waals surface area contributed by atoms with E-state index in [1.54, 1.807) is 19.1 Å². The number of sulfone groups is 1. The van der Waals surface area contributed by atoms with Crippen molar-refractivity contribution in [3.63, 3.8) is 0 Å². The Balaban J connectivity index is 3.21. The van der Waals surface area contributed by atoms with Gasteiger partial charge in [0.1, 0.15) is 0 Å². The van der Waals surface area contributed by atoms with Crippen molar-refractivity contribution in [2.75, 3.05) is 0 Å². The maximum Gasteiger partial charge on any atom is 0.199 e. The fourth-order valence-corrected chi connectivity index (χ4v) is 2.85. The molecule has 0 saturated heterocycles. The summed E-state index contributed by atoms with van der Waals surface area (Å²) in [4.78, 5) is 0.972. The van der Waals surface area contributed by atoms with Gasteiger partial charge in [0.15, 0.2) is 9.84 Å². The summed E-state index contributed by atoms with van der Waals surface area (Å²) < 4.78 is 23.2. The van der Waals surface area contributed by atoms with Crippen molar-refractivity contribution in [1.29, 1.82) is 0 Å². The van der Waals surface area contributed by atoms with Crippen LogP contribution in [-0.2, 0) is 9.84 Å². The predicted molar refractivity (Wildman–Crippen MR) is 50.2 cm³/mol. The maximum atomic E-state index is 11.6. The summed E-state index contributed by atoms with van der Waals surface area (Å²) in [6.07, 6.45) is 3.36. The van der Waals surface area contributed by atoms with E-state index >= 15 is 0 Å². The minimum Gasteiger partial charge on any atom is -0.219 e. The molecule has 12 heavy (non-hydrogen) atoms. The molecule has 0 radical (unpaired) electrons. The molecular weight excluding hydrogens is 172 g/mol. The van der Waals surface area contributed by atoms with Gasteiger partial charge in [-0.15, -0.1) is 0 Å². The molecule has 0 aromatic rings. The fraction of sp³-hybridized carbons (Fsp3) is 0.556. The van der Waals surface area contributed by atoms with Gasteiger partial charge in [-0.1, -0.05) is 20.8 Å². The summed E-state index contributed by atoms with van der Waals surface area (Å²) in [5.74, 6) is 0. The van der Waals surface area contributed by atoms with Gasteiger partial charge in [-0.2, -0.15) is 0 Å². The second-order valence-corrected chi connectivity index (χ2v) is 6.15. The molecule has 0 aliphatic carbocycles. The summed E-state index contributed by atoms with van der Waals surface area (Å²) in [6, 6.07) is 0. The lowest BCUT2D eigenvalue weighted by molar-refractivity contribution is 0.517. The first-order valence-corrected chi connectivity index (χ1v) is 5.39. The highest BCUT2D eigenvalue weighted by atomic mass is 32.2. The third-order valence-electron chi connectivity index (χ3n) is 1.92. The SMILES string of the molecule is CC1=CC=C(C(C)(C)C)S1(=O)=O. The Kier molecular flexibility index (Phi) is 1.95. The van der Waals surface area contributed by atoms with Crippen LogP contribution in [0.2, 0.25) is 0 Å². The molecule has 0 fully saturated rings. The van der Waals surface area contributed by atoms with Crippen molar-refractivity contribution >= 4 is 9.84 Å². The van der Waals surface area contributed by atoms with Gasteiger partial charge in [-0.05, 0) is 24.5 Å². The zero-order valence-corrected chi connectivity index (χ0v) is 8.70. The third kappa shape index (κ3) is 1.33. The first-order valence-electron chi connectivity index (χ1n) is 3.90. The van der Waals surface area contributed by atoms with Crippen LogP contribution in [0.1, 0.15) is 27.7 Å². The summed E-state index contributed by atoms with van der Waals surface area (Å²) in [5, 5.41) is 0. The average molecular weight is 186 g/mol. The molecule has 2 nitrogen and oxygen atoms in total. The lowest BCUT2D eigenvalue weighted by atomic mass is 9.96. The van der Waals surface area contributed by atoms with Crippen LogP contribution in [-0.4, -0.2) is 8.42 Å². The molecule has 1 aliphatic heterocycles. The zero-order valence-electron chi connectivity index (χ0n) is 7.88. The summed E-state index contributed by atoms with van der Waals surface area (Å²) in [5.41, 5.74) is -0.285. The highest BCUT2D eigenvalue weighted by Crippen LogP contribution is 2.36. The highest BCUT2D eigenvalue weighted by molar-refractivity contribution is 7.99. The van der Waals surface area contributed by atoms with Gasteiger partial charge in [0, 0.05) is 4.91 Å². The van der Waals surface area contributed by atoms with Gasteiger partial charge < -0.3 is 0 Å². The van der Waals surface area contributed by atoms with Crippen LogP contribution in [0, 0.1) is 5.41 Å². The molecule has 3 heteroatoms. The molecule has 68 valence electrons. The van der Waals surface area contributed by atoms with E-state index in [1.165, 1.54) is 0 Å². The lowest BCUT2D eigenvalue weighted by Crippen LogP contribution is -2.16. The monoisotopic (exact) mass is 186 g/mol. The minimum atomic E-state index is -3.10. The molecule has 0 spiro atoms. The summed E-state index contributed by atoms with van der Waals surface area (Å²) in [7, 11) is -3.10. The van der Waals surface area contributed by atoms with Crippen LogP contribution < -0.4 is 0 Å². The number of allylic oxidation sites excluding steroid dienone is 4. The van der Waals surface area contributed by atoms with Gasteiger partial charge in [0.2, 0.25) is 0 Å². The van der Waals surface area contributed by atoms with E-state index in [2.05, 4.69) is 0 Å². The molecule has 0 unspecified atom stereocenters. The van der Waals surface area contributed by atoms with Crippen molar-refractivity contribution in [2.24, 2.45) is 5.41 Å². The second kappa shape index (κ2) is 2.46. The van der Waals surface area contributed by atoms with Crippen molar-refractivity contribution in [3.05, 3.63) is 22.0 Å². The van der Waals surface area contributed by atoms with Crippen molar-refractivity contribution in [3.8, 4) is 0 Å². The number of hydrogen-bond acceptors (Lipinski definition) is 2. The molecule has 1 rings (SSSR count). The molecule has 1 heterocycles. The van der Waals surface area contributed by atoms with Crippen molar-refractivity contribution < 1.29 is 8.42 Å². The molecule has 0 bridgehead atoms. The van der Waals surface area contributed by atoms with Gasteiger partial charge >= 0.3 is 0 Å². The molecule has 0 atom stereocenters. The Morgan fingerprint density at radius 3 is 1.83 bits per heavy atom. The van der Waals surface area contributed by atoms with E-state index in [9.17, 15) is 8.42 Å². The number of hydrogen-bond donors (Lipinski definition) is 0. The quantitative estimate of drug-likeness (QED) is 0.581. The van der Waals surface area contributed by atoms with E-state index < -0.39 is 9.84 Å². The summed E-state index contributed by atoms with van der Waals surface area (Å²) >= 11 is 0. The van der Waals surface area contributed by atoms with Crippen molar-refractivity contribution in [2.45, 2.75) is 27.7 Å². The topological polar surface area (TPSA) is 34.1 Å². The molecule has 0 N–H and O–H groups in total. The Bertz CT molecular complexity index is 350. The Morgan fingerprint density at radius 2 is 1.67 bits per heavy atom. The largest absolute Gasteiger partial charge is 0.219 e. The smallest absolute Gasteiger partial charge is 0.199 e. The molecule has 1 aliphatic rings. The van der Waals surface area contributed by atoms with Gasteiger partial charge in [-0.25, -0.2) is 8.42 Å². The van der Waals surface area contributed by atoms with Crippen LogP contribution >= 0.6 is 0 Å². The number of rotatable bonds is 0. The lowest BCUT2D eigenvalue weighted by Gasteiger charge is -2.19. The van der Waals surface area contributed by atoms with Crippen LogP contribution in [0.5, 0.6) is 0 Å². The van der Waals surface area contributed by atoms with Gasteiger partial charge in [-0.3, -0.25) is 0 Å². The van der Waals surface area contributed by atoms with Crippen molar-refractivity contribution in [1.82, 2.24) is 0 Å². The molecule has 0 saturated carbocycles. The Labute approximate surface area is 73.9 Å². The molecule has 0 aromatic heterocycles.